The van der Waals surface area contributed by atoms with Crippen LogP contribution in [0.1, 0.15) is 18.4 Å². The molecule has 6 heteroatoms. The van der Waals surface area contributed by atoms with Crippen LogP contribution in [0.2, 0.25) is 0 Å². The van der Waals surface area contributed by atoms with E-state index in [2.05, 4.69) is 21.6 Å². The Morgan fingerprint density at radius 3 is 3.05 bits per heavy atom. The van der Waals surface area contributed by atoms with Crippen molar-refractivity contribution in [2.75, 3.05) is 32.0 Å². The van der Waals surface area contributed by atoms with Crippen LogP contribution in [-0.4, -0.2) is 43.5 Å². The van der Waals surface area contributed by atoms with E-state index in [9.17, 15) is 4.79 Å². The third-order valence-electron chi connectivity index (χ3n) is 3.36. The molecule has 0 aromatic carbocycles. The van der Waals surface area contributed by atoms with Gasteiger partial charge in [-0.05, 0) is 44.4 Å². The maximum Gasteiger partial charge on any atom is 0.239 e. The number of nitriles is 1. The first-order valence-corrected chi connectivity index (χ1v) is 7.27. The maximum atomic E-state index is 12.0. The van der Waals surface area contributed by atoms with Gasteiger partial charge in [-0.1, -0.05) is 0 Å². The molecule has 102 valence electrons. The molecule has 1 aliphatic rings. The summed E-state index contributed by atoms with van der Waals surface area (Å²) in [7, 11) is 1.98. The fraction of sp³-hybridized carbons (Fsp3) is 0.538. The van der Waals surface area contributed by atoms with Gasteiger partial charge >= 0.3 is 0 Å². The summed E-state index contributed by atoms with van der Waals surface area (Å²) < 4.78 is 0. The fourth-order valence-corrected chi connectivity index (χ4v) is 3.02. The highest BCUT2D eigenvalue weighted by molar-refractivity contribution is 7.14. The van der Waals surface area contributed by atoms with E-state index in [1.165, 1.54) is 11.3 Å². The smallest absolute Gasteiger partial charge is 0.239 e. The molecule has 1 amide bonds. The Kier molecular flexibility index (Phi) is 4.91. The number of rotatable bonds is 4. The highest BCUT2D eigenvalue weighted by Gasteiger charge is 2.20. The lowest BCUT2D eigenvalue weighted by Gasteiger charge is -2.31. The summed E-state index contributed by atoms with van der Waals surface area (Å²) in [6, 6.07) is 4.25. The van der Waals surface area contributed by atoms with E-state index in [-0.39, 0.29) is 5.91 Å². The van der Waals surface area contributed by atoms with Crippen LogP contribution in [0.5, 0.6) is 0 Å². The molecule has 0 aliphatic carbocycles. The summed E-state index contributed by atoms with van der Waals surface area (Å²) in [6.45, 7) is 2.40. The molecule has 0 radical (unpaired) electrons. The van der Waals surface area contributed by atoms with Crippen LogP contribution in [0.15, 0.2) is 11.4 Å². The van der Waals surface area contributed by atoms with Crippen LogP contribution in [0.4, 0.5) is 5.00 Å². The second-order valence-electron chi connectivity index (χ2n) is 4.72. The van der Waals surface area contributed by atoms with Gasteiger partial charge in [0.25, 0.3) is 0 Å². The van der Waals surface area contributed by atoms with E-state index in [0.717, 1.165) is 25.9 Å². The van der Waals surface area contributed by atoms with Crippen molar-refractivity contribution in [3.63, 3.8) is 0 Å². The molecule has 0 bridgehead atoms. The lowest BCUT2D eigenvalue weighted by Crippen LogP contribution is -2.44. The zero-order chi connectivity index (χ0) is 13.7. The number of carbonyl (C=O) groups is 1. The molecule has 5 nitrogen and oxygen atoms in total. The van der Waals surface area contributed by atoms with E-state index in [0.29, 0.717) is 23.2 Å². The Morgan fingerprint density at radius 2 is 2.37 bits per heavy atom. The van der Waals surface area contributed by atoms with Crippen LogP contribution in [0.25, 0.3) is 0 Å². The van der Waals surface area contributed by atoms with Crippen LogP contribution in [0, 0.1) is 11.3 Å². The van der Waals surface area contributed by atoms with Crippen molar-refractivity contribution in [1.82, 2.24) is 10.2 Å². The van der Waals surface area contributed by atoms with Gasteiger partial charge in [-0.2, -0.15) is 5.26 Å². The lowest BCUT2D eigenvalue weighted by molar-refractivity contribution is -0.117. The van der Waals surface area contributed by atoms with E-state index < -0.39 is 0 Å². The van der Waals surface area contributed by atoms with Gasteiger partial charge in [0.1, 0.15) is 11.1 Å². The molecule has 0 unspecified atom stereocenters. The number of hydrogen-bond acceptors (Lipinski definition) is 5. The van der Waals surface area contributed by atoms with Crippen LogP contribution in [-0.2, 0) is 4.79 Å². The number of hydrogen-bond donors (Lipinski definition) is 2. The van der Waals surface area contributed by atoms with Gasteiger partial charge in [0.05, 0.1) is 12.1 Å². The van der Waals surface area contributed by atoms with Crippen LogP contribution >= 0.6 is 11.3 Å². The number of amides is 1. The molecule has 1 fully saturated rings. The summed E-state index contributed by atoms with van der Waals surface area (Å²) in [4.78, 5) is 14.1. The summed E-state index contributed by atoms with van der Waals surface area (Å²) in [5.41, 5.74) is 0.530. The molecule has 2 heterocycles. The second-order valence-corrected chi connectivity index (χ2v) is 5.64. The first kappa shape index (κ1) is 14.0. The topological polar surface area (TPSA) is 68.2 Å². The Hall–Kier alpha value is -1.42. The molecular weight excluding hydrogens is 260 g/mol. The van der Waals surface area contributed by atoms with Gasteiger partial charge in [0, 0.05) is 6.04 Å². The minimum atomic E-state index is -0.0556. The quantitative estimate of drug-likeness (QED) is 0.869. The number of nitrogens with zero attached hydrogens (tertiary/aromatic N) is 2. The largest absolute Gasteiger partial charge is 0.317 e. The summed E-state index contributed by atoms with van der Waals surface area (Å²) in [6.07, 6.45) is 2.15. The number of thiophene rings is 1. The van der Waals surface area contributed by atoms with Crippen LogP contribution in [0.3, 0.4) is 0 Å². The summed E-state index contributed by atoms with van der Waals surface area (Å²) >= 11 is 1.38. The number of piperidine rings is 1. The molecule has 2 rings (SSSR count). The monoisotopic (exact) mass is 278 g/mol. The SMILES string of the molecule is CN(CC(=O)Nc1sccc1C#N)C1CCNCC1. The molecule has 0 saturated carbocycles. The van der Waals surface area contributed by atoms with Crippen molar-refractivity contribution in [3.8, 4) is 6.07 Å². The average Bonchev–Trinajstić information content (AvgIpc) is 2.86. The van der Waals surface area contributed by atoms with Gasteiger partial charge in [0.2, 0.25) is 5.91 Å². The normalized spacial score (nSPS) is 16.3. The molecule has 1 aliphatic heterocycles. The Morgan fingerprint density at radius 1 is 1.63 bits per heavy atom. The predicted molar refractivity (Wildman–Crippen MR) is 76.2 cm³/mol. The van der Waals surface area contributed by atoms with Gasteiger partial charge in [-0.25, -0.2) is 0 Å². The standard InChI is InChI=1S/C13H18N4OS/c1-17(11-2-5-15-6-3-11)9-12(18)16-13-10(8-14)4-7-19-13/h4,7,11,15H,2-3,5-6,9H2,1H3,(H,16,18). The lowest BCUT2D eigenvalue weighted by atomic mass is 10.1. The first-order chi connectivity index (χ1) is 9.20. The number of anilines is 1. The zero-order valence-corrected chi connectivity index (χ0v) is 11.8. The minimum Gasteiger partial charge on any atom is -0.317 e. The van der Waals surface area contributed by atoms with Crippen molar-refractivity contribution < 1.29 is 4.79 Å². The Balaban J connectivity index is 1.85. The first-order valence-electron chi connectivity index (χ1n) is 6.39. The van der Waals surface area contributed by atoms with Crippen molar-refractivity contribution in [3.05, 3.63) is 17.0 Å². The van der Waals surface area contributed by atoms with Gasteiger partial charge in [0.15, 0.2) is 0 Å². The van der Waals surface area contributed by atoms with Crippen molar-refractivity contribution in [1.29, 1.82) is 5.26 Å². The number of carbonyl (C=O) groups excluding carboxylic acids is 1. The molecule has 0 atom stereocenters. The second kappa shape index (κ2) is 6.66. The highest BCUT2D eigenvalue weighted by atomic mass is 32.1. The predicted octanol–water partition coefficient (Wildman–Crippen LogP) is 1.24. The van der Waals surface area contributed by atoms with Crippen molar-refractivity contribution in [2.45, 2.75) is 18.9 Å². The molecule has 1 aromatic rings. The van der Waals surface area contributed by atoms with E-state index in [1.807, 2.05) is 12.4 Å². The molecule has 0 spiro atoms. The van der Waals surface area contributed by atoms with Gasteiger partial charge in [-0.15, -0.1) is 11.3 Å². The van der Waals surface area contributed by atoms with Crippen molar-refractivity contribution in [2.24, 2.45) is 0 Å². The van der Waals surface area contributed by atoms with E-state index in [4.69, 9.17) is 5.26 Å². The molecule has 1 aromatic heterocycles. The zero-order valence-electron chi connectivity index (χ0n) is 11.0. The fourth-order valence-electron chi connectivity index (χ4n) is 2.26. The minimum absolute atomic E-state index is 0.0556. The third kappa shape index (κ3) is 3.77. The van der Waals surface area contributed by atoms with Gasteiger partial charge in [-0.3, -0.25) is 9.69 Å². The summed E-state index contributed by atoms with van der Waals surface area (Å²) in [5, 5.41) is 17.5. The third-order valence-corrected chi connectivity index (χ3v) is 4.19. The molecular formula is C13H18N4OS. The average molecular weight is 278 g/mol. The molecule has 1 saturated heterocycles. The Bertz CT molecular complexity index is 473. The van der Waals surface area contributed by atoms with E-state index >= 15 is 0 Å². The highest BCUT2D eigenvalue weighted by Crippen LogP contribution is 2.22. The van der Waals surface area contributed by atoms with Gasteiger partial charge < -0.3 is 10.6 Å². The maximum absolute atomic E-state index is 12.0. The number of likely N-dealkylation sites (N-methyl/N-ethyl adjacent to an activating group) is 1. The molecule has 2 N–H and O–H groups in total. The van der Waals surface area contributed by atoms with Crippen molar-refractivity contribution >= 4 is 22.2 Å². The number of nitrogens with one attached hydrogen (secondary N) is 2. The Labute approximate surface area is 117 Å². The summed E-state index contributed by atoms with van der Waals surface area (Å²) in [5.74, 6) is -0.0556. The van der Waals surface area contributed by atoms with E-state index in [1.54, 1.807) is 6.07 Å². The van der Waals surface area contributed by atoms with Crippen LogP contribution < -0.4 is 10.6 Å². The molecule has 19 heavy (non-hydrogen) atoms.